The summed E-state index contributed by atoms with van der Waals surface area (Å²) in [5.41, 5.74) is 12.7. The molecule has 4 heteroatoms. The van der Waals surface area contributed by atoms with E-state index in [-0.39, 0.29) is 11.0 Å². The molecule has 0 aromatic heterocycles. The van der Waals surface area contributed by atoms with Crippen molar-refractivity contribution in [3.8, 4) is 0 Å². The van der Waals surface area contributed by atoms with E-state index in [4.69, 9.17) is 16.6 Å². The van der Waals surface area contributed by atoms with Crippen LogP contribution in [0.1, 0.15) is 36.7 Å². The van der Waals surface area contributed by atoms with Crippen molar-refractivity contribution in [3.05, 3.63) is 23.3 Å². The van der Waals surface area contributed by atoms with Crippen LogP contribution in [-0.2, 0) is 5.41 Å². The Kier molecular flexibility index (Phi) is 2.62. The Morgan fingerprint density at radius 3 is 2.20 bits per heavy atom. The summed E-state index contributed by atoms with van der Waals surface area (Å²) in [4.78, 5) is 11.1. The van der Waals surface area contributed by atoms with Crippen molar-refractivity contribution in [3.63, 3.8) is 0 Å². The zero-order chi connectivity index (χ0) is 11.8. The highest BCUT2D eigenvalue weighted by Crippen LogP contribution is 2.32. The smallest absolute Gasteiger partial charge is 0.336 e. The molecule has 4 nitrogen and oxygen atoms in total. The second-order valence-corrected chi connectivity index (χ2v) is 4.59. The summed E-state index contributed by atoms with van der Waals surface area (Å²) >= 11 is 0. The standard InChI is InChI=1S/C11H16N2O2/c1-11(2,3)9-7(10(14)15)4-6(12)5-8(9)13/h4-5H,12-13H2,1-3H3,(H,14,15). The van der Waals surface area contributed by atoms with Crippen molar-refractivity contribution in [2.45, 2.75) is 26.2 Å². The van der Waals surface area contributed by atoms with Crippen molar-refractivity contribution >= 4 is 17.3 Å². The number of aromatic carboxylic acids is 1. The van der Waals surface area contributed by atoms with Gasteiger partial charge in [0.05, 0.1) is 5.56 Å². The average Bonchev–Trinajstić information content (AvgIpc) is 1.99. The number of carboxylic acid groups (broad SMARTS) is 1. The normalized spacial score (nSPS) is 11.4. The molecule has 0 saturated carbocycles. The third-order valence-corrected chi connectivity index (χ3v) is 2.17. The van der Waals surface area contributed by atoms with Gasteiger partial charge in [-0.1, -0.05) is 20.8 Å². The Balaban J connectivity index is 3.55. The van der Waals surface area contributed by atoms with Crippen LogP contribution in [0.15, 0.2) is 12.1 Å². The number of carbonyl (C=O) groups is 1. The quantitative estimate of drug-likeness (QED) is 0.614. The number of carboxylic acids is 1. The molecule has 0 unspecified atom stereocenters. The lowest BCUT2D eigenvalue weighted by molar-refractivity contribution is 0.0694. The van der Waals surface area contributed by atoms with Crippen molar-refractivity contribution in [1.82, 2.24) is 0 Å². The minimum atomic E-state index is -1.00. The van der Waals surface area contributed by atoms with E-state index in [1.165, 1.54) is 6.07 Å². The Bertz CT molecular complexity index is 406. The van der Waals surface area contributed by atoms with E-state index in [0.29, 0.717) is 16.9 Å². The Labute approximate surface area is 88.9 Å². The highest BCUT2D eigenvalue weighted by molar-refractivity contribution is 5.93. The fourth-order valence-electron chi connectivity index (χ4n) is 1.69. The van der Waals surface area contributed by atoms with Crippen LogP contribution in [0.5, 0.6) is 0 Å². The van der Waals surface area contributed by atoms with Gasteiger partial charge in [0.1, 0.15) is 0 Å². The van der Waals surface area contributed by atoms with Gasteiger partial charge < -0.3 is 16.6 Å². The van der Waals surface area contributed by atoms with Gasteiger partial charge in [0.2, 0.25) is 0 Å². The van der Waals surface area contributed by atoms with Crippen LogP contribution in [0.4, 0.5) is 11.4 Å². The van der Waals surface area contributed by atoms with Gasteiger partial charge in [-0.25, -0.2) is 4.79 Å². The molecule has 0 saturated heterocycles. The molecule has 0 spiro atoms. The van der Waals surface area contributed by atoms with Crippen molar-refractivity contribution in [2.75, 3.05) is 11.5 Å². The first-order valence-corrected chi connectivity index (χ1v) is 4.66. The summed E-state index contributed by atoms with van der Waals surface area (Å²) in [7, 11) is 0. The minimum Gasteiger partial charge on any atom is -0.478 e. The van der Waals surface area contributed by atoms with Crippen LogP contribution in [-0.4, -0.2) is 11.1 Å². The van der Waals surface area contributed by atoms with E-state index in [1.807, 2.05) is 20.8 Å². The van der Waals surface area contributed by atoms with Gasteiger partial charge in [-0.15, -0.1) is 0 Å². The highest BCUT2D eigenvalue weighted by atomic mass is 16.4. The largest absolute Gasteiger partial charge is 0.478 e. The Morgan fingerprint density at radius 1 is 1.27 bits per heavy atom. The number of nitrogens with two attached hydrogens (primary N) is 2. The summed E-state index contributed by atoms with van der Waals surface area (Å²) in [6.45, 7) is 5.75. The molecule has 0 aliphatic carbocycles. The molecule has 0 bridgehead atoms. The number of rotatable bonds is 1. The van der Waals surface area contributed by atoms with Gasteiger partial charge in [0, 0.05) is 11.4 Å². The summed E-state index contributed by atoms with van der Waals surface area (Å²) in [6.07, 6.45) is 0. The fourth-order valence-corrected chi connectivity index (χ4v) is 1.69. The van der Waals surface area contributed by atoms with Crippen LogP contribution in [0.2, 0.25) is 0 Å². The number of benzene rings is 1. The topological polar surface area (TPSA) is 89.3 Å². The highest BCUT2D eigenvalue weighted by Gasteiger charge is 2.24. The average molecular weight is 208 g/mol. The first-order chi connectivity index (χ1) is 6.73. The van der Waals surface area contributed by atoms with Crippen LogP contribution >= 0.6 is 0 Å². The van der Waals surface area contributed by atoms with E-state index in [2.05, 4.69) is 0 Å². The van der Waals surface area contributed by atoms with Gasteiger partial charge in [-0.3, -0.25) is 0 Å². The summed E-state index contributed by atoms with van der Waals surface area (Å²) in [5, 5.41) is 9.07. The van der Waals surface area contributed by atoms with Crippen molar-refractivity contribution in [2.24, 2.45) is 0 Å². The summed E-state index contributed by atoms with van der Waals surface area (Å²) in [6, 6.07) is 3.03. The van der Waals surface area contributed by atoms with Crippen molar-refractivity contribution in [1.29, 1.82) is 0 Å². The lowest BCUT2D eigenvalue weighted by Gasteiger charge is -2.23. The van der Waals surface area contributed by atoms with Crippen molar-refractivity contribution < 1.29 is 9.90 Å². The molecule has 1 aromatic rings. The van der Waals surface area contributed by atoms with E-state index >= 15 is 0 Å². The molecule has 0 aliphatic heterocycles. The molecule has 0 atom stereocenters. The molecule has 0 fully saturated rings. The fraction of sp³-hybridized carbons (Fsp3) is 0.364. The van der Waals surface area contributed by atoms with Gasteiger partial charge in [0.25, 0.3) is 0 Å². The van der Waals surface area contributed by atoms with Gasteiger partial charge in [0.15, 0.2) is 0 Å². The van der Waals surface area contributed by atoms with E-state index < -0.39 is 5.97 Å². The lowest BCUT2D eigenvalue weighted by atomic mass is 9.82. The van der Waals surface area contributed by atoms with Gasteiger partial charge in [-0.2, -0.15) is 0 Å². The lowest BCUT2D eigenvalue weighted by Crippen LogP contribution is -2.19. The molecule has 0 amide bonds. The zero-order valence-electron chi connectivity index (χ0n) is 9.16. The monoisotopic (exact) mass is 208 g/mol. The number of hydrogen-bond acceptors (Lipinski definition) is 3. The maximum Gasteiger partial charge on any atom is 0.336 e. The van der Waals surface area contributed by atoms with Gasteiger partial charge in [-0.05, 0) is 23.1 Å². The minimum absolute atomic E-state index is 0.181. The van der Waals surface area contributed by atoms with Crippen LogP contribution in [0, 0.1) is 0 Å². The molecular formula is C11H16N2O2. The molecule has 1 aromatic carbocycles. The first kappa shape index (κ1) is 11.4. The molecule has 82 valence electrons. The summed E-state index contributed by atoms with van der Waals surface area (Å²) < 4.78 is 0. The predicted molar refractivity (Wildman–Crippen MR) is 60.9 cm³/mol. The molecular weight excluding hydrogens is 192 g/mol. The SMILES string of the molecule is CC(C)(C)c1c(N)cc(N)cc1C(=O)O. The number of hydrogen-bond donors (Lipinski definition) is 3. The second-order valence-electron chi connectivity index (χ2n) is 4.59. The van der Waals surface area contributed by atoms with Crippen LogP contribution in [0.25, 0.3) is 0 Å². The van der Waals surface area contributed by atoms with E-state index in [9.17, 15) is 4.79 Å². The Hall–Kier alpha value is -1.71. The molecule has 0 radical (unpaired) electrons. The van der Waals surface area contributed by atoms with Crippen LogP contribution < -0.4 is 11.5 Å². The third-order valence-electron chi connectivity index (χ3n) is 2.17. The summed E-state index contributed by atoms with van der Waals surface area (Å²) in [5.74, 6) is -1.00. The van der Waals surface area contributed by atoms with Crippen LogP contribution in [0.3, 0.4) is 0 Å². The molecule has 0 aliphatic rings. The maximum absolute atomic E-state index is 11.1. The predicted octanol–water partition coefficient (Wildman–Crippen LogP) is 1.85. The number of anilines is 2. The van der Waals surface area contributed by atoms with E-state index in [1.54, 1.807) is 6.07 Å². The molecule has 0 heterocycles. The van der Waals surface area contributed by atoms with E-state index in [0.717, 1.165) is 0 Å². The Morgan fingerprint density at radius 2 is 1.80 bits per heavy atom. The first-order valence-electron chi connectivity index (χ1n) is 4.66. The molecule has 5 N–H and O–H groups in total. The number of nitrogen functional groups attached to an aromatic ring is 2. The molecule has 1 rings (SSSR count). The third kappa shape index (κ3) is 2.21. The molecule has 15 heavy (non-hydrogen) atoms. The maximum atomic E-state index is 11.1. The van der Waals surface area contributed by atoms with Gasteiger partial charge >= 0.3 is 5.97 Å². The zero-order valence-corrected chi connectivity index (χ0v) is 9.16. The second kappa shape index (κ2) is 3.46.